The third-order valence-electron chi connectivity index (χ3n) is 4.52. The standard InChI is InChI=1S/C15H29N3O/c1-12(2)18-10-7-14(8-11-18)17(3)15(19)6-9-16-13-4-5-13/h12-14,16H,4-11H2,1-3H3. The van der Waals surface area contributed by atoms with E-state index in [0.29, 0.717) is 30.5 Å². The Morgan fingerprint density at radius 1 is 1.26 bits per heavy atom. The van der Waals surface area contributed by atoms with E-state index in [1.54, 1.807) is 0 Å². The number of rotatable bonds is 6. The maximum Gasteiger partial charge on any atom is 0.223 e. The summed E-state index contributed by atoms with van der Waals surface area (Å²) in [5.74, 6) is 0.302. The van der Waals surface area contributed by atoms with Gasteiger partial charge in [-0.1, -0.05) is 0 Å². The van der Waals surface area contributed by atoms with Crippen LogP contribution >= 0.6 is 0 Å². The van der Waals surface area contributed by atoms with E-state index in [2.05, 4.69) is 24.1 Å². The largest absolute Gasteiger partial charge is 0.343 e. The summed E-state index contributed by atoms with van der Waals surface area (Å²) >= 11 is 0. The molecule has 0 aromatic rings. The minimum absolute atomic E-state index is 0.302. The van der Waals surface area contributed by atoms with Crippen molar-refractivity contribution in [2.75, 3.05) is 26.7 Å². The average Bonchev–Trinajstić information content (AvgIpc) is 3.22. The molecule has 4 nitrogen and oxygen atoms in total. The lowest BCUT2D eigenvalue weighted by molar-refractivity contribution is -0.132. The smallest absolute Gasteiger partial charge is 0.223 e. The summed E-state index contributed by atoms with van der Waals surface area (Å²) in [6, 6.07) is 1.78. The Bertz CT molecular complexity index is 294. The van der Waals surface area contributed by atoms with E-state index >= 15 is 0 Å². The summed E-state index contributed by atoms with van der Waals surface area (Å²) in [6.45, 7) is 7.59. The van der Waals surface area contributed by atoms with Crippen LogP contribution in [0.5, 0.6) is 0 Å². The van der Waals surface area contributed by atoms with Gasteiger partial charge in [-0.25, -0.2) is 0 Å². The molecule has 19 heavy (non-hydrogen) atoms. The molecule has 1 saturated carbocycles. The zero-order chi connectivity index (χ0) is 13.8. The predicted octanol–water partition coefficient (Wildman–Crippen LogP) is 1.46. The fourth-order valence-electron chi connectivity index (χ4n) is 2.84. The first kappa shape index (κ1) is 14.8. The van der Waals surface area contributed by atoms with Gasteiger partial charge in [-0.3, -0.25) is 4.79 Å². The van der Waals surface area contributed by atoms with Gasteiger partial charge in [-0.15, -0.1) is 0 Å². The Balaban J connectivity index is 1.67. The van der Waals surface area contributed by atoms with Crippen LogP contribution in [0.1, 0.15) is 46.0 Å². The molecule has 0 spiro atoms. The van der Waals surface area contributed by atoms with Crippen molar-refractivity contribution < 1.29 is 4.79 Å². The maximum atomic E-state index is 12.1. The molecular formula is C15H29N3O. The topological polar surface area (TPSA) is 35.6 Å². The summed E-state index contributed by atoms with van der Waals surface area (Å²) in [4.78, 5) is 16.6. The average molecular weight is 267 g/mol. The Kier molecular flexibility index (Phi) is 5.22. The monoisotopic (exact) mass is 267 g/mol. The van der Waals surface area contributed by atoms with Gasteiger partial charge in [0.25, 0.3) is 0 Å². The fraction of sp³-hybridized carbons (Fsp3) is 0.933. The van der Waals surface area contributed by atoms with Crippen molar-refractivity contribution in [2.24, 2.45) is 0 Å². The Hall–Kier alpha value is -0.610. The van der Waals surface area contributed by atoms with E-state index in [0.717, 1.165) is 32.5 Å². The number of carbonyl (C=O) groups excluding carboxylic acids is 1. The van der Waals surface area contributed by atoms with E-state index in [4.69, 9.17) is 0 Å². The van der Waals surface area contributed by atoms with E-state index in [9.17, 15) is 4.79 Å². The van der Waals surface area contributed by atoms with E-state index in [-0.39, 0.29) is 0 Å². The molecular weight excluding hydrogens is 238 g/mol. The van der Waals surface area contributed by atoms with Gasteiger partial charge in [0.1, 0.15) is 0 Å². The number of hydrogen-bond acceptors (Lipinski definition) is 3. The van der Waals surface area contributed by atoms with Gasteiger partial charge < -0.3 is 15.1 Å². The zero-order valence-corrected chi connectivity index (χ0v) is 12.7. The summed E-state index contributed by atoms with van der Waals surface area (Å²) in [6.07, 6.45) is 5.47. The molecule has 0 aromatic carbocycles. The fourth-order valence-corrected chi connectivity index (χ4v) is 2.84. The summed E-state index contributed by atoms with van der Waals surface area (Å²) in [5.41, 5.74) is 0. The molecule has 4 heteroatoms. The third kappa shape index (κ3) is 4.46. The van der Waals surface area contributed by atoms with Crippen LogP contribution in [-0.4, -0.2) is 60.5 Å². The Morgan fingerprint density at radius 2 is 1.89 bits per heavy atom. The number of nitrogens with one attached hydrogen (secondary N) is 1. The van der Waals surface area contributed by atoms with Gasteiger partial charge in [0.05, 0.1) is 0 Å². The SMILES string of the molecule is CC(C)N1CCC(N(C)C(=O)CCNC2CC2)CC1. The van der Waals surface area contributed by atoms with Crippen LogP contribution in [0.4, 0.5) is 0 Å². The molecule has 0 bridgehead atoms. The highest BCUT2D eigenvalue weighted by molar-refractivity contribution is 5.76. The quantitative estimate of drug-likeness (QED) is 0.791. The molecule has 2 fully saturated rings. The molecule has 0 radical (unpaired) electrons. The molecule has 1 saturated heterocycles. The van der Waals surface area contributed by atoms with Crippen molar-refractivity contribution >= 4 is 5.91 Å². The number of nitrogens with zero attached hydrogens (tertiary/aromatic N) is 2. The lowest BCUT2D eigenvalue weighted by atomic mass is 10.0. The number of carbonyl (C=O) groups is 1. The lowest BCUT2D eigenvalue weighted by Gasteiger charge is -2.38. The van der Waals surface area contributed by atoms with Crippen molar-refractivity contribution in [3.05, 3.63) is 0 Å². The van der Waals surface area contributed by atoms with Gasteiger partial charge in [0.2, 0.25) is 5.91 Å². The molecule has 0 aromatic heterocycles. The number of amides is 1. The van der Waals surface area contributed by atoms with Crippen molar-refractivity contribution in [2.45, 2.75) is 64.1 Å². The molecule has 2 aliphatic rings. The molecule has 1 amide bonds. The highest BCUT2D eigenvalue weighted by Gasteiger charge is 2.26. The number of likely N-dealkylation sites (tertiary alicyclic amines) is 1. The Morgan fingerprint density at radius 3 is 2.42 bits per heavy atom. The molecule has 1 heterocycles. The second-order valence-corrected chi connectivity index (χ2v) is 6.34. The Labute approximate surface area is 117 Å². The first-order chi connectivity index (χ1) is 9.08. The first-order valence-electron chi connectivity index (χ1n) is 7.81. The van der Waals surface area contributed by atoms with Crippen LogP contribution < -0.4 is 5.32 Å². The van der Waals surface area contributed by atoms with Gasteiger partial charge in [-0.2, -0.15) is 0 Å². The minimum atomic E-state index is 0.302. The van der Waals surface area contributed by atoms with Gasteiger partial charge >= 0.3 is 0 Å². The third-order valence-corrected chi connectivity index (χ3v) is 4.52. The van der Waals surface area contributed by atoms with Gasteiger partial charge in [0, 0.05) is 51.2 Å². The molecule has 110 valence electrons. The molecule has 1 N–H and O–H groups in total. The van der Waals surface area contributed by atoms with Crippen molar-refractivity contribution in [3.8, 4) is 0 Å². The van der Waals surface area contributed by atoms with Crippen LogP contribution in [0.25, 0.3) is 0 Å². The van der Waals surface area contributed by atoms with Crippen LogP contribution in [-0.2, 0) is 4.79 Å². The predicted molar refractivity (Wildman–Crippen MR) is 78.1 cm³/mol. The number of hydrogen-bond donors (Lipinski definition) is 1. The van der Waals surface area contributed by atoms with Crippen molar-refractivity contribution in [1.29, 1.82) is 0 Å². The molecule has 0 atom stereocenters. The highest BCUT2D eigenvalue weighted by atomic mass is 16.2. The highest BCUT2D eigenvalue weighted by Crippen LogP contribution is 2.19. The maximum absolute atomic E-state index is 12.1. The zero-order valence-electron chi connectivity index (χ0n) is 12.7. The van der Waals surface area contributed by atoms with Crippen LogP contribution in [0, 0.1) is 0 Å². The second kappa shape index (κ2) is 6.71. The van der Waals surface area contributed by atoms with E-state index in [1.165, 1.54) is 12.8 Å². The minimum Gasteiger partial charge on any atom is -0.343 e. The second-order valence-electron chi connectivity index (χ2n) is 6.34. The van der Waals surface area contributed by atoms with Crippen molar-refractivity contribution in [1.82, 2.24) is 15.1 Å². The molecule has 1 aliphatic carbocycles. The molecule has 0 unspecified atom stereocenters. The lowest BCUT2D eigenvalue weighted by Crippen LogP contribution is -2.47. The van der Waals surface area contributed by atoms with Crippen LogP contribution in [0.15, 0.2) is 0 Å². The van der Waals surface area contributed by atoms with Crippen molar-refractivity contribution in [3.63, 3.8) is 0 Å². The summed E-state index contributed by atoms with van der Waals surface area (Å²) in [5, 5.41) is 3.41. The van der Waals surface area contributed by atoms with Gasteiger partial charge in [-0.05, 0) is 39.5 Å². The normalized spacial score (nSPS) is 21.9. The molecule has 2 rings (SSSR count). The van der Waals surface area contributed by atoms with Crippen LogP contribution in [0.3, 0.4) is 0 Å². The molecule has 1 aliphatic heterocycles. The van der Waals surface area contributed by atoms with Gasteiger partial charge in [0.15, 0.2) is 0 Å². The number of piperidine rings is 1. The first-order valence-corrected chi connectivity index (χ1v) is 7.81. The summed E-state index contributed by atoms with van der Waals surface area (Å²) in [7, 11) is 1.98. The van der Waals surface area contributed by atoms with Crippen LogP contribution in [0.2, 0.25) is 0 Å². The van der Waals surface area contributed by atoms with E-state index in [1.807, 2.05) is 11.9 Å². The summed E-state index contributed by atoms with van der Waals surface area (Å²) < 4.78 is 0. The van der Waals surface area contributed by atoms with E-state index < -0.39 is 0 Å².